The molecule has 0 fully saturated rings. The Hall–Kier alpha value is -0.640. The van der Waals surface area contributed by atoms with Gasteiger partial charge in [0.05, 0.1) is 13.2 Å². The Balaban J connectivity index is 2.37. The van der Waals surface area contributed by atoms with Crippen LogP contribution in [0.2, 0.25) is 0 Å². The van der Waals surface area contributed by atoms with Crippen molar-refractivity contribution in [2.75, 3.05) is 13.2 Å². The van der Waals surface area contributed by atoms with E-state index in [1.807, 2.05) is 18.3 Å². The highest BCUT2D eigenvalue weighted by Gasteiger charge is 2.05. The van der Waals surface area contributed by atoms with Crippen molar-refractivity contribution in [2.45, 2.75) is 40.3 Å². The first-order chi connectivity index (χ1) is 8.13. The van der Waals surface area contributed by atoms with Crippen LogP contribution in [0.5, 0.6) is 0 Å². The maximum atomic E-state index is 5.65. The number of hydrogen-bond donors (Lipinski definition) is 1. The Morgan fingerprint density at radius 1 is 1.53 bits per heavy atom. The molecule has 96 valence electrons. The predicted octanol–water partition coefficient (Wildman–Crippen LogP) is 3.65. The second kappa shape index (κ2) is 7.64. The van der Waals surface area contributed by atoms with Gasteiger partial charge in [0.15, 0.2) is 0 Å². The molecule has 1 rings (SSSR count). The molecule has 0 spiro atoms. The summed E-state index contributed by atoms with van der Waals surface area (Å²) in [7, 11) is 0. The minimum absolute atomic E-state index is 0.724. The van der Waals surface area contributed by atoms with Gasteiger partial charge in [0.2, 0.25) is 0 Å². The Labute approximate surface area is 109 Å². The van der Waals surface area contributed by atoms with Gasteiger partial charge >= 0.3 is 0 Å². The molecule has 0 aromatic carbocycles. The van der Waals surface area contributed by atoms with E-state index in [1.165, 1.54) is 20.9 Å². The van der Waals surface area contributed by atoms with Crippen LogP contribution in [0.4, 0.5) is 0 Å². The maximum absolute atomic E-state index is 5.65. The molecular weight excluding hydrogens is 230 g/mol. The molecule has 0 amide bonds. The van der Waals surface area contributed by atoms with Crippen molar-refractivity contribution in [2.24, 2.45) is 0 Å². The quantitative estimate of drug-likeness (QED) is 0.564. The fourth-order valence-corrected chi connectivity index (χ4v) is 2.51. The molecule has 0 bridgehead atoms. The average molecular weight is 253 g/mol. The van der Waals surface area contributed by atoms with Gasteiger partial charge in [0.1, 0.15) is 0 Å². The minimum atomic E-state index is 0.724. The molecule has 17 heavy (non-hydrogen) atoms. The van der Waals surface area contributed by atoms with Crippen molar-refractivity contribution in [3.63, 3.8) is 0 Å². The van der Waals surface area contributed by atoms with E-state index in [4.69, 9.17) is 4.74 Å². The fraction of sp³-hybridized carbons (Fsp3) is 0.571. The molecule has 0 atom stereocenters. The average Bonchev–Trinajstić information content (AvgIpc) is 2.62. The summed E-state index contributed by atoms with van der Waals surface area (Å²) in [5, 5.41) is 3.35. The molecule has 1 N–H and O–H groups in total. The van der Waals surface area contributed by atoms with Gasteiger partial charge in [-0.25, -0.2) is 0 Å². The van der Waals surface area contributed by atoms with Gasteiger partial charge in [0.25, 0.3) is 0 Å². The highest BCUT2D eigenvalue weighted by Crippen LogP contribution is 2.22. The zero-order valence-electron chi connectivity index (χ0n) is 11.1. The summed E-state index contributed by atoms with van der Waals surface area (Å²) in [6.45, 7) is 13.7. The molecule has 0 aliphatic heterocycles. The summed E-state index contributed by atoms with van der Waals surface area (Å²) in [4.78, 5) is 2.76. The van der Waals surface area contributed by atoms with E-state index in [0.29, 0.717) is 0 Å². The van der Waals surface area contributed by atoms with Gasteiger partial charge in [0, 0.05) is 16.3 Å². The minimum Gasteiger partial charge on any atom is -0.376 e. The Morgan fingerprint density at radius 3 is 2.94 bits per heavy atom. The van der Waals surface area contributed by atoms with Crippen LogP contribution in [0.25, 0.3) is 0 Å². The van der Waals surface area contributed by atoms with Crippen molar-refractivity contribution >= 4 is 11.3 Å². The van der Waals surface area contributed by atoms with Crippen molar-refractivity contribution in [3.05, 3.63) is 33.5 Å². The van der Waals surface area contributed by atoms with Gasteiger partial charge in [-0.05, 0) is 38.4 Å². The van der Waals surface area contributed by atoms with Gasteiger partial charge in [-0.1, -0.05) is 12.5 Å². The third-order valence-corrected chi connectivity index (χ3v) is 3.64. The summed E-state index contributed by atoms with van der Waals surface area (Å²) < 4.78 is 5.65. The van der Waals surface area contributed by atoms with Crippen LogP contribution in [-0.4, -0.2) is 13.2 Å². The second-order valence-electron chi connectivity index (χ2n) is 4.33. The zero-order chi connectivity index (χ0) is 12.7. The Morgan fingerprint density at radius 2 is 2.29 bits per heavy atom. The molecule has 0 unspecified atom stereocenters. The number of nitrogens with one attached hydrogen (secondary N) is 1. The molecule has 0 aliphatic rings. The number of aryl methyl sites for hydroxylation is 1. The van der Waals surface area contributed by atoms with E-state index >= 15 is 0 Å². The van der Waals surface area contributed by atoms with Gasteiger partial charge in [-0.2, -0.15) is 0 Å². The molecule has 3 heteroatoms. The molecule has 1 aromatic heterocycles. The van der Waals surface area contributed by atoms with Crippen LogP contribution in [0.3, 0.4) is 0 Å². The van der Waals surface area contributed by atoms with Crippen LogP contribution in [0.1, 0.15) is 35.6 Å². The van der Waals surface area contributed by atoms with E-state index in [1.54, 1.807) is 0 Å². The third-order valence-electron chi connectivity index (χ3n) is 2.55. The summed E-state index contributed by atoms with van der Waals surface area (Å²) >= 11 is 1.86. The van der Waals surface area contributed by atoms with E-state index in [2.05, 4.69) is 31.8 Å². The highest BCUT2D eigenvalue weighted by atomic mass is 32.1. The van der Waals surface area contributed by atoms with E-state index in [0.717, 1.165) is 32.7 Å². The molecule has 1 aromatic rings. The summed E-state index contributed by atoms with van der Waals surface area (Å²) in [5.74, 6) is 0. The van der Waals surface area contributed by atoms with Gasteiger partial charge < -0.3 is 10.1 Å². The lowest BCUT2D eigenvalue weighted by Gasteiger charge is -2.03. The van der Waals surface area contributed by atoms with Crippen LogP contribution in [-0.2, 0) is 17.9 Å². The van der Waals surface area contributed by atoms with E-state index in [9.17, 15) is 0 Å². The summed E-state index contributed by atoms with van der Waals surface area (Å²) in [6.07, 6.45) is 0.952. The fourth-order valence-electron chi connectivity index (χ4n) is 1.49. The molecule has 0 radical (unpaired) electrons. The standard InChI is InChI=1S/C14H23NOS/c1-5-15-9-14-8-13(12(4)17-14)10-16-7-6-11(2)3/h8,15H,2,5-7,9-10H2,1,3-4H3. The summed E-state index contributed by atoms with van der Waals surface area (Å²) in [5.41, 5.74) is 2.50. The lowest BCUT2D eigenvalue weighted by molar-refractivity contribution is 0.124. The van der Waals surface area contributed by atoms with Crippen LogP contribution in [0, 0.1) is 6.92 Å². The lowest BCUT2D eigenvalue weighted by Crippen LogP contribution is -2.10. The second-order valence-corrected chi connectivity index (χ2v) is 5.68. The van der Waals surface area contributed by atoms with Crippen LogP contribution in [0.15, 0.2) is 18.2 Å². The predicted molar refractivity (Wildman–Crippen MR) is 75.5 cm³/mol. The smallest absolute Gasteiger partial charge is 0.0727 e. The first-order valence-corrected chi connectivity index (χ1v) is 6.96. The number of rotatable bonds is 8. The number of ether oxygens (including phenoxy) is 1. The third kappa shape index (κ3) is 5.48. The van der Waals surface area contributed by atoms with Gasteiger partial charge in [-0.15, -0.1) is 17.9 Å². The monoisotopic (exact) mass is 253 g/mol. The van der Waals surface area contributed by atoms with Crippen molar-refractivity contribution in [3.8, 4) is 0 Å². The molecule has 0 saturated carbocycles. The lowest BCUT2D eigenvalue weighted by atomic mass is 10.2. The zero-order valence-corrected chi connectivity index (χ0v) is 12.0. The van der Waals surface area contributed by atoms with Gasteiger partial charge in [-0.3, -0.25) is 0 Å². The largest absolute Gasteiger partial charge is 0.376 e. The number of thiophene rings is 1. The number of hydrogen-bond acceptors (Lipinski definition) is 3. The highest BCUT2D eigenvalue weighted by molar-refractivity contribution is 7.12. The normalized spacial score (nSPS) is 10.8. The molecular formula is C14H23NOS. The van der Waals surface area contributed by atoms with Crippen molar-refractivity contribution < 1.29 is 4.74 Å². The van der Waals surface area contributed by atoms with E-state index in [-0.39, 0.29) is 0 Å². The van der Waals surface area contributed by atoms with Crippen LogP contribution >= 0.6 is 11.3 Å². The van der Waals surface area contributed by atoms with Crippen molar-refractivity contribution in [1.82, 2.24) is 5.32 Å². The van der Waals surface area contributed by atoms with E-state index < -0.39 is 0 Å². The van der Waals surface area contributed by atoms with Crippen LogP contribution < -0.4 is 5.32 Å². The first-order valence-electron chi connectivity index (χ1n) is 6.14. The summed E-state index contributed by atoms with van der Waals surface area (Å²) in [6, 6.07) is 2.25. The SMILES string of the molecule is C=C(C)CCOCc1cc(CNCC)sc1C. The Bertz CT molecular complexity index is 357. The molecule has 0 aliphatic carbocycles. The topological polar surface area (TPSA) is 21.3 Å². The van der Waals surface area contributed by atoms with Crippen molar-refractivity contribution in [1.29, 1.82) is 0 Å². The molecule has 2 nitrogen and oxygen atoms in total. The Kier molecular flexibility index (Phi) is 6.48. The maximum Gasteiger partial charge on any atom is 0.0727 e. The first kappa shape index (κ1) is 14.4. The molecule has 1 heterocycles. The molecule has 0 saturated heterocycles.